The summed E-state index contributed by atoms with van der Waals surface area (Å²) in [5.41, 5.74) is 0.988. The highest BCUT2D eigenvalue weighted by Gasteiger charge is 2.30. The Hall–Kier alpha value is -0.930. The molecule has 0 spiro atoms. The fraction of sp³-hybridized carbons (Fsp3) is 0.538. The Labute approximate surface area is 95.8 Å². The second-order valence-electron chi connectivity index (χ2n) is 4.41. The molecule has 1 aliphatic carbocycles. The number of hydrogen-bond donors (Lipinski definition) is 1. The van der Waals surface area contributed by atoms with Crippen LogP contribution in [0.1, 0.15) is 18.4 Å². The summed E-state index contributed by atoms with van der Waals surface area (Å²) in [4.78, 5) is 0. The van der Waals surface area contributed by atoms with Gasteiger partial charge in [-0.15, -0.1) is 0 Å². The Morgan fingerprint density at radius 3 is 2.94 bits per heavy atom. The maximum absolute atomic E-state index is 13.0. The minimum absolute atomic E-state index is 0.172. The van der Waals surface area contributed by atoms with Gasteiger partial charge in [0.2, 0.25) is 0 Å². The predicted molar refractivity (Wildman–Crippen MR) is 61.6 cm³/mol. The summed E-state index contributed by atoms with van der Waals surface area (Å²) in [5.74, 6) is 0.572. The molecule has 16 heavy (non-hydrogen) atoms. The summed E-state index contributed by atoms with van der Waals surface area (Å²) < 4.78 is 18.1. The number of methoxy groups -OCH3 is 1. The standard InChI is InChI=1S/C13H18FNO/c1-16-9-13(11-5-6-11)15-8-10-3-2-4-12(14)7-10/h2-4,7,11,13,15H,5-6,8-9H2,1H3. The summed E-state index contributed by atoms with van der Waals surface area (Å²) in [6, 6.07) is 7.14. The SMILES string of the molecule is COCC(NCc1cccc(F)c1)C1CC1. The van der Waals surface area contributed by atoms with Crippen LogP contribution in [0, 0.1) is 11.7 Å². The molecule has 0 heterocycles. The molecule has 1 unspecified atom stereocenters. The highest BCUT2D eigenvalue weighted by atomic mass is 19.1. The fourth-order valence-corrected chi connectivity index (χ4v) is 1.94. The van der Waals surface area contributed by atoms with Crippen molar-refractivity contribution in [1.82, 2.24) is 5.32 Å². The summed E-state index contributed by atoms with van der Waals surface area (Å²) >= 11 is 0. The van der Waals surface area contributed by atoms with Crippen molar-refractivity contribution in [2.24, 2.45) is 5.92 Å². The van der Waals surface area contributed by atoms with Crippen molar-refractivity contribution in [2.75, 3.05) is 13.7 Å². The maximum atomic E-state index is 13.0. The van der Waals surface area contributed by atoms with Gasteiger partial charge >= 0.3 is 0 Å². The van der Waals surface area contributed by atoms with Crippen LogP contribution in [0.2, 0.25) is 0 Å². The molecule has 1 N–H and O–H groups in total. The lowest BCUT2D eigenvalue weighted by molar-refractivity contribution is 0.157. The van der Waals surface area contributed by atoms with E-state index >= 15 is 0 Å². The third-order valence-electron chi connectivity index (χ3n) is 2.99. The first-order valence-corrected chi connectivity index (χ1v) is 5.76. The quantitative estimate of drug-likeness (QED) is 0.799. The first kappa shape index (κ1) is 11.6. The normalized spacial score (nSPS) is 17.4. The van der Waals surface area contributed by atoms with Crippen LogP contribution >= 0.6 is 0 Å². The van der Waals surface area contributed by atoms with Crippen LogP contribution in [0.3, 0.4) is 0 Å². The van der Waals surface area contributed by atoms with Gasteiger partial charge in [-0.25, -0.2) is 4.39 Å². The van der Waals surface area contributed by atoms with E-state index in [1.165, 1.54) is 18.9 Å². The molecule has 0 bridgehead atoms. The van der Waals surface area contributed by atoms with E-state index in [4.69, 9.17) is 4.74 Å². The average molecular weight is 223 g/mol. The largest absolute Gasteiger partial charge is 0.383 e. The smallest absolute Gasteiger partial charge is 0.123 e. The molecule has 2 rings (SSSR count). The second-order valence-corrected chi connectivity index (χ2v) is 4.41. The van der Waals surface area contributed by atoms with Crippen LogP contribution in [0.4, 0.5) is 4.39 Å². The van der Waals surface area contributed by atoms with Gasteiger partial charge < -0.3 is 10.1 Å². The van der Waals surface area contributed by atoms with Crippen LogP contribution in [-0.4, -0.2) is 19.8 Å². The molecule has 1 aliphatic rings. The molecule has 0 aromatic heterocycles. The van der Waals surface area contributed by atoms with Crippen molar-refractivity contribution in [3.63, 3.8) is 0 Å². The number of hydrogen-bond acceptors (Lipinski definition) is 2. The van der Waals surface area contributed by atoms with Gasteiger partial charge in [-0.05, 0) is 36.5 Å². The number of nitrogens with one attached hydrogen (secondary N) is 1. The Balaban J connectivity index is 1.85. The van der Waals surface area contributed by atoms with Gasteiger partial charge in [0.15, 0.2) is 0 Å². The van der Waals surface area contributed by atoms with Gasteiger partial charge in [0.05, 0.1) is 6.61 Å². The summed E-state index contributed by atoms with van der Waals surface area (Å²) in [6.45, 7) is 1.45. The molecule has 1 saturated carbocycles. The molecule has 1 atom stereocenters. The fourth-order valence-electron chi connectivity index (χ4n) is 1.94. The monoisotopic (exact) mass is 223 g/mol. The number of benzene rings is 1. The van der Waals surface area contributed by atoms with Gasteiger partial charge in [-0.1, -0.05) is 12.1 Å². The van der Waals surface area contributed by atoms with Crippen molar-refractivity contribution in [3.8, 4) is 0 Å². The van der Waals surface area contributed by atoms with Crippen LogP contribution in [0.25, 0.3) is 0 Å². The van der Waals surface area contributed by atoms with Crippen molar-refractivity contribution in [2.45, 2.75) is 25.4 Å². The van der Waals surface area contributed by atoms with Gasteiger partial charge in [-0.2, -0.15) is 0 Å². The highest BCUT2D eigenvalue weighted by molar-refractivity contribution is 5.16. The first-order valence-electron chi connectivity index (χ1n) is 5.76. The number of ether oxygens (including phenoxy) is 1. The minimum atomic E-state index is -0.172. The lowest BCUT2D eigenvalue weighted by Gasteiger charge is -2.17. The van der Waals surface area contributed by atoms with Crippen molar-refractivity contribution in [1.29, 1.82) is 0 Å². The second kappa shape index (κ2) is 5.41. The molecule has 1 fully saturated rings. The average Bonchev–Trinajstić information content (AvgIpc) is 3.08. The lowest BCUT2D eigenvalue weighted by atomic mass is 10.1. The molecule has 0 aliphatic heterocycles. The summed E-state index contributed by atoms with van der Waals surface area (Å²) in [5, 5.41) is 3.43. The zero-order valence-corrected chi connectivity index (χ0v) is 9.58. The molecule has 0 radical (unpaired) electrons. The topological polar surface area (TPSA) is 21.3 Å². The van der Waals surface area contributed by atoms with E-state index in [0.29, 0.717) is 12.6 Å². The third-order valence-corrected chi connectivity index (χ3v) is 2.99. The zero-order valence-electron chi connectivity index (χ0n) is 9.58. The van der Waals surface area contributed by atoms with Crippen LogP contribution in [0.15, 0.2) is 24.3 Å². The maximum Gasteiger partial charge on any atom is 0.123 e. The van der Waals surface area contributed by atoms with E-state index in [1.807, 2.05) is 6.07 Å². The molecule has 88 valence electrons. The lowest BCUT2D eigenvalue weighted by Crippen LogP contribution is -2.34. The van der Waals surface area contributed by atoms with E-state index in [9.17, 15) is 4.39 Å². The van der Waals surface area contributed by atoms with E-state index in [1.54, 1.807) is 19.2 Å². The van der Waals surface area contributed by atoms with E-state index in [0.717, 1.165) is 18.1 Å². The Kier molecular flexibility index (Phi) is 3.91. The van der Waals surface area contributed by atoms with E-state index in [2.05, 4.69) is 5.32 Å². The Morgan fingerprint density at radius 1 is 1.50 bits per heavy atom. The van der Waals surface area contributed by atoms with Crippen molar-refractivity contribution >= 4 is 0 Å². The molecule has 0 amide bonds. The van der Waals surface area contributed by atoms with Gasteiger partial charge in [-0.3, -0.25) is 0 Å². The van der Waals surface area contributed by atoms with E-state index in [-0.39, 0.29) is 5.82 Å². The van der Waals surface area contributed by atoms with Crippen LogP contribution in [-0.2, 0) is 11.3 Å². The van der Waals surface area contributed by atoms with Crippen LogP contribution < -0.4 is 5.32 Å². The van der Waals surface area contributed by atoms with Crippen molar-refractivity contribution < 1.29 is 9.13 Å². The number of rotatable bonds is 6. The molecule has 1 aromatic carbocycles. The van der Waals surface area contributed by atoms with Gasteiger partial charge in [0, 0.05) is 19.7 Å². The Morgan fingerprint density at radius 2 is 2.31 bits per heavy atom. The number of halogens is 1. The molecule has 3 heteroatoms. The molecular weight excluding hydrogens is 205 g/mol. The third kappa shape index (κ3) is 3.29. The zero-order chi connectivity index (χ0) is 11.4. The Bertz CT molecular complexity index is 338. The molecule has 0 saturated heterocycles. The predicted octanol–water partition coefficient (Wildman–Crippen LogP) is 2.34. The summed E-state index contributed by atoms with van der Waals surface area (Å²) in [6.07, 6.45) is 2.56. The summed E-state index contributed by atoms with van der Waals surface area (Å²) in [7, 11) is 1.72. The van der Waals surface area contributed by atoms with Crippen LogP contribution in [0.5, 0.6) is 0 Å². The molecule has 1 aromatic rings. The first-order chi connectivity index (χ1) is 7.79. The van der Waals surface area contributed by atoms with Gasteiger partial charge in [0.1, 0.15) is 5.82 Å². The highest BCUT2D eigenvalue weighted by Crippen LogP contribution is 2.32. The minimum Gasteiger partial charge on any atom is -0.383 e. The molecule has 2 nitrogen and oxygen atoms in total. The molecular formula is C13H18FNO. The van der Waals surface area contributed by atoms with Crippen molar-refractivity contribution in [3.05, 3.63) is 35.6 Å². The van der Waals surface area contributed by atoms with Gasteiger partial charge in [0.25, 0.3) is 0 Å². The van der Waals surface area contributed by atoms with E-state index < -0.39 is 0 Å².